The summed E-state index contributed by atoms with van der Waals surface area (Å²) in [7, 11) is 1.61. The maximum atomic E-state index is 12.6. The van der Waals surface area contributed by atoms with Crippen molar-refractivity contribution in [2.45, 2.75) is 37.6 Å². The minimum absolute atomic E-state index is 0.122. The average Bonchev–Trinajstić information content (AvgIpc) is 3.05. The number of benzene rings is 1. The van der Waals surface area contributed by atoms with Crippen molar-refractivity contribution in [2.24, 2.45) is 0 Å². The molecule has 8 heteroatoms. The highest BCUT2D eigenvalue weighted by molar-refractivity contribution is 6.35. The molecule has 0 unspecified atom stereocenters. The van der Waals surface area contributed by atoms with Crippen LogP contribution in [0.1, 0.15) is 48.2 Å². The van der Waals surface area contributed by atoms with Crippen LogP contribution in [-0.2, 0) is 5.54 Å². The van der Waals surface area contributed by atoms with Crippen molar-refractivity contribution in [1.82, 2.24) is 10.2 Å². The zero-order valence-electron chi connectivity index (χ0n) is 15.1. The number of likely N-dealkylation sites (N-methyl/N-ethyl adjacent to an activating group) is 1. The van der Waals surface area contributed by atoms with E-state index < -0.39 is 5.54 Å². The number of hydrogen-bond acceptors (Lipinski definition) is 4. The number of carbonyl (C=O) groups excluding carboxylic acids is 2. The fourth-order valence-corrected chi connectivity index (χ4v) is 4.49. The number of nitrogens with one attached hydrogen (secondary N) is 2. The molecule has 1 saturated carbocycles. The Balaban J connectivity index is 1.89. The first-order chi connectivity index (χ1) is 12.9. The van der Waals surface area contributed by atoms with Gasteiger partial charge < -0.3 is 25.1 Å². The number of fused-ring (bicyclic) bond motifs is 4. The van der Waals surface area contributed by atoms with Gasteiger partial charge in [-0.25, -0.2) is 4.79 Å². The Labute approximate surface area is 161 Å². The third-order valence-electron chi connectivity index (χ3n) is 5.53. The summed E-state index contributed by atoms with van der Waals surface area (Å²) >= 11 is 6.48. The molecule has 7 nitrogen and oxygen atoms in total. The van der Waals surface area contributed by atoms with Crippen molar-refractivity contribution in [3.05, 3.63) is 28.5 Å². The zero-order chi connectivity index (χ0) is 19.2. The molecule has 3 amide bonds. The van der Waals surface area contributed by atoms with Gasteiger partial charge in [0, 0.05) is 24.5 Å². The third-order valence-corrected chi connectivity index (χ3v) is 5.83. The highest BCUT2D eigenvalue weighted by atomic mass is 35.5. The lowest BCUT2D eigenvalue weighted by molar-refractivity contribution is 0.0737. The summed E-state index contributed by atoms with van der Waals surface area (Å²) in [4.78, 5) is 26.3. The van der Waals surface area contributed by atoms with Gasteiger partial charge in [-0.3, -0.25) is 4.79 Å². The molecule has 0 radical (unpaired) electrons. The second-order valence-electron chi connectivity index (χ2n) is 7.31. The van der Waals surface area contributed by atoms with Crippen LogP contribution in [0.5, 0.6) is 0 Å². The molecule has 1 fully saturated rings. The first-order valence-corrected chi connectivity index (χ1v) is 9.55. The molecule has 27 heavy (non-hydrogen) atoms. The Hall–Kier alpha value is -2.25. The maximum absolute atomic E-state index is 12.6. The number of amides is 3. The molecule has 2 heterocycles. The number of anilines is 1. The van der Waals surface area contributed by atoms with E-state index in [0.29, 0.717) is 16.3 Å². The number of aliphatic hydroxyl groups excluding tert-OH is 1. The molecule has 0 bridgehead atoms. The molecule has 1 aromatic carbocycles. The Morgan fingerprint density at radius 3 is 2.78 bits per heavy atom. The molecule has 0 saturated heterocycles. The molecule has 1 spiro atoms. The van der Waals surface area contributed by atoms with Gasteiger partial charge in [0.25, 0.3) is 5.91 Å². The van der Waals surface area contributed by atoms with Gasteiger partial charge in [0.15, 0.2) is 5.76 Å². The lowest BCUT2D eigenvalue weighted by atomic mass is 9.74. The highest BCUT2D eigenvalue weighted by Gasteiger charge is 2.43. The largest absolute Gasteiger partial charge is 0.450 e. The van der Waals surface area contributed by atoms with Crippen LogP contribution in [0.4, 0.5) is 10.5 Å². The molecule has 1 aliphatic carbocycles. The second kappa shape index (κ2) is 6.73. The summed E-state index contributed by atoms with van der Waals surface area (Å²) in [5, 5.41) is 16.1. The predicted octanol–water partition coefficient (Wildman–Crippen LogP) is 3.45. The van der Waals surface area contributed by atoms with Crippen LogP contribution in [0.25, 0.3) is 11.0 Å². The summed E-state index contributed by atoms with van der Waals surface area (Å²) in [6.07, 6.45) is 4.73. The summed E-state index contributed by atoms with van der Waals surface area (Å²) in [6.45, 7) is 0.0963. The molecule has 144 valence electrons. The van der Waals surface area contributed by atoms with Gasteiger partial charge in [0.2, 0.25) is 0 Å². The molecule has 1 aliphatic heterocycles. The van der Waals surface area contributed by atoms with Crippen molar-refractivity contribution >= 4 is 40.2 Å². The number of nitrogens with zero attached hydrogens (tertiary/aromatic N) is 1. The lowest BCUT2D eigenvalue weighted by Gasteiger charge is -2.42. The number of urea groups is 1. The van der Waals surface area contributed by atoms with Crippen LogP contribution in [0.2, 0.25) is 5.02 Å². The summed E-state index contributed by atoms with van der Waals surface area (Å²) in [5.74, 6) is -0.121. The van der Waals surface area contributed by atoms with Crippen LogP contribution >= 0.6 is 11.6 Å². The van der Waals surface area contributed by atoms with E-state index in [0.717, 1.165) is 43.1 Å². The van der Waals surface area contributed by atoms with E-state index in [9.17, 15) is 9.59 Å². The zero-order valence-corrected chi connectivity index (χ0v) is 15.9. The van der Waals surface area contributed by atoms with Crippen molar-refractivity contribution in [3.8, 4) is 0 Å². The Bertz CT molecular complexity index is 917. The van der Waals surface area contributed by atoms with Crippen LogP contribution in [0.3, 0.4) is 0 Å². The van der Waals surface area contributed by atoms with Gasteiger partial charge >= 0.3 is 6.03 Å². The van der Waals surface area contributed by atoms with Gasteiger partial charge in [0.05, 0.1) is 22.9 Å². The summed E-state index contributed by atoms with van der Waals surface area (Å²) in [5.41, 5.74) is 1.43. The van der Waals surface area contributed by atoms with E-state index in [4.69, 9.17) is 21.1 Å². The van der Waals surface area contributed by atoms with E-state index in [2.05, 4.69) is 10.6 Å². The van der Waals surface area contributed by atoms with Crippen molar-refractivity contribution in [1.29, 1.82) is 0 Å². The maximum Gasteiger partial charge on any atom is 0.319 e. The van der Waals surface area contributed by atoms with Gasteiger partial charge in [0.1, 0.15) is 5.58 Å². The molecule has 0 atom stereocenters. The highest BCUT2D eigenvalue weighted by Crippen LogP contribution is 2.48. The van der Waals surface area contributed by atoms with Gasteiger partial charge in [-0.15, -0.1) is 0 Å². The number of rotatable bonds is 3. The van der Waals surface area contributed by atoms with E-state index >= 15 is 0 Å². The topological polar surface area (TPSA) is 94.8 Å². The molecule has 2 aliphatic rings. The number of carbonyl (C=O) groups is 2. The summed E-state index contributed by atoms with van der Waals surface area (Å²) < 4.78 is 5.99. The van der Waals surface area contributed by atoms with Crippen LogP contribution in [0, 0.1) is 0 Å². The average molecular weight is 392 g/mol. The fourth-order valence-electron chi connectivity index (χ4n) is 4.23. The Morgan fingerprint density at radius 2 is 2.07 bits per heavy atom. The quantitative estimate of drug-likeness (QED) is 0.746. The van der Waals surface area contributed by atoms with Gasteiger partial charge in [-0.1, -0.05) is 30.9 Å². The lowest BCUT2D eigenvalue weighted by Crippen LogP contribution is -2.52. The molecular formula is C19H22ClN3O4. The van der Waals surface area contributed by atoms with Crippen LogP contribution in [0.15, 0.2) is 16.5 Å². The number of halogens is 1. The normalized spacial score (nSPS) is 18.1. The Morgan fingerprint density at radius 1 is 1.33 bits per heavy atom. The van der Waals surface area contributed by atoms with Gasteiger partial charge in [-0.05, 0) is 25.0 Å². The van der Waals surface area contributed by atoms with E-state index in [1.165, 1.54) is 4.90 Å². The van der Waals surface area contributed by atoms with Crippen LogP contribution < -0.4 is 10.6 Å². The first kappa shape index (κ1) is 18.1. The predicted molar refractivity (Wildman–Crippen MR) is 102 cm³/mol. The smallest absolute Gasteiger partial charge is 0.319 e. The molecule has 1 aromatic heterocycles. The Kier molecular flexibility index (Phi) is 4.52. The number of aliphatic hydroxyl groups is 1. The first-order valence-electron chi connectivity index (χ1n) is 9.17. The molecule has 2 aromatic rings. The monoisotopic (exact) mass is 391 g/mol. The number of hydrogen-bond donors (Lipinski definition) is 3. The second-order valence-corrected chi connectivity index (χ2v) is 7.72. The van der Waals surface area contributed by atoms with E-state index in [1.807, 2.05) is 0 Å². The van der Waals surface area contributed by atoms with E-state index in [1.54, 1.807) is 19.2 Å². The van der Waals surface area contributed by atoms with Crippen LogP contribution in [-0.4, -0.2) is 42.1 Å². The third kappa shape index (κ3) is 2.95. The minimum Gasteiger partial charge on any atom is -0.450 e. The van der Waals surface area contributed by atoms with Crippen molar-refractivity contribution in [2.75, 3.05) is 25.5 Å². The van der Waals surface area contributed by atoms with Crippen molar-refractivity contribution in [3.63, 3.8) is 0 Å². The van der Waals surface area contributed by atoms with E-state index in [-0.39, 0.29) is 30.9 Å². The molecule has 4 rings (SSSR count). The standard InChI is InChI=1S/C19H22ClN3O4/c1-23(7-8-24)17(25)13-10-11-9-12(20)15-14(16(11)27-13)19(22-18(26)21-15)5-3-2-4-6-19/h9-10,24H,2-8H2,1H3,(H2,21,22,26). The summed E-state index contributed by atoms with van der Waals surface area (Å²) in [6, 6.07) is 3.12. The van der Waals surface area contributed by atoms with Crippen molar-refractivity contribution < 1.29 is 19.1 Å². The fraction of sp³-hybridized carbons (Fsp3) is 0.474. The minimum atomic E-state index is -0.533. The number of furan rings is 1. The SMILES string of the molecule is CN(CCO)C(=O)c1cc2cc(Cl)c3c(c2o1)C1(CCCCC1)NC(=O)N3. The van der Waals surface area contributed by atoms with Gasteiger partial charge in [-0.2, -0.15) is 0 Å². The molecular weight excluding hydrogens is 370 g/mol. The molecule has 3 N–H and O–H groups in total.